The third-order valence-corrected chi connectivity index (χ3v) is 3.51. The Morgan fingerprint density at radius 2 is 2.25 bits per heavy atom. The predicted octanol–water partition coefficient (Wildman–Crippen LogP) is 1.46. The van der Waals surface area contributed by atoms with E-state index in [1.165, 1.54) is 18.2 Å². The van der Waals surface area contributed by atoms with Gasteiger partial charge in [0.1, 0.15) is 5.82 Å². The van der Waals surface area contributed by atoms with Gasteiger partial charge in [0.25, 0.3) is 0 Å². The van der Waals surface area contributed by atoms with E-state index in [1.54, 1.807) is 13.1 Å². The van der Waals surface area contributed by atoms with Gasteiger partial charge in [0.15, 0.2) is 0 Å². The summed E-state index contributed by atoms with van der Waals surface area (Å²) in [7, 11) is 0.329. The third-order valence-electron chi connectivity index (χ3n) is 2.07. The molecule has 0 aliphatic rings. The van der Waals surface area contributed by atoms with Gasteiger partial charge in [-0.3, -0.25) is 9.00 Å². The second kappa shape index (κ2) is 6.37. The van der Waals surface area contributed by atoms with E-state index in [0.717, 1.165) is 0 Å². The fraction of sp³-hybridized carbons (Fsp3) is 0.364. The molecule has 5 heteroatoms. The molecule has 1 aromatic rings. The lowest BCUT2D eigenvalue weighted by molar-refractivity contribution is -0.120. The molecule has 1 amide bonds. The third kappa shape index (κ3) is 4.10. The van der Waals surface area contributed by atoms with Gasteiger partial charge in [-0.1, -0.05) is 6.07 Å². The van der Waals surface area contributed by atoms with Crippen LogP contribution < -0.4 is 5.32 Å². The minimum atomic E-state index is -1.23. The lowest BCUT2D eigenvalue weighted by Gasteiger charge is -2.02. The Bertz CT molecular complexity index is 395. The van der Waals surface area contributed by atoms with Gasteiger partial charge < -0.3 is 5.32 Å². The number of hydrogen-bond donors (Lipinski definition) is 1. The summed E-state index contributed by atoms with van der Waals surface area (Å²) in [6, 6.07) is 5.72. The number of nitrogens with one attached hydrogen (secondary N) is 1. The number of benzene rings is 1. The summed E-state index contributed by atoms with van der Waals surface area (Å²) in [4.78, 5) is 11.4. The zero-order chi connectivity index (χ0) is 12.0. The topological polar surface area (TPSA) is 46.2 Å². The molecule has 1 unspecified atom stereocenters. The first-order valence-corrected chi connectivity index (χ1v) is 6.30. The van der Waals surface area contributed by atoms with Crippen molar-refractivity contribution in [2.45, 2.75) is 17.7 Å². The zero-order valence-electron chi connectivity index (χ0n) is 9.03. The molecule has 0 radical (unpaired) electrons. The van der Waals surface area contributed by atoms with Crippen LogP contribution in [0.3, 0.4) is 0 Å². The monoisotopic (exact) mass is 243 g/mol. The fourth-order valence-electron chi connectivity index (χ4n) is 1.22. The molecule has 0 aromatic heterocycles. The van der Waals surface area contributed by atoms with Crippen LogP contribution >= 0.6 is 0 Å². The predicted molar refractivity (Wildman–Crippen MR) is 61.0 cm³/mol. The van der Waals surface area contributed by atoms with Gasteiger partial charge in [-0.05, 0) is 24.6 Å². The number of carbonyl (C=O) groups excluding carboxylic acids is 1. The van der Waals surface area contributed by atoms with Crippen LogP contribution in [0.25, 0.3) is 0 Å². The van der Waals surface area contributed by atoms with E-state index in [1.807, 2.05) is 0 Å². The van der Waals surface area contributed by atoms with Crippen molar-refractivity contribution < 1.29 is 13.4 Å². The Balaban J connectivity index is 2.44. The smallest absolute Gasteiger partial charge is 0.219 e. The molecule has 1 N–H and O–H groups in total. The fourth-order valence-corrected chi connectivity index (χ4v) is 2.33. The van der Waals surface area contributed by atoms with Crippen molar-refractivity contribution in [3.63, 3.8) is 0 Å². The van der Waals surface area contributed by atoms with Crippen molar-refractivity contribution in [1.29, 1.82) is 0 Å². The molecule has 16 heavy (non-hydrogen) atoms. The number of halogens is 1. The van der Waals surface area contributed by atoms with Crippen LogP contribution in [-0.4, -0.2) is 22.9 Å². The highest BCUT2D eigenvalue weighted by Gasteiger charge is 2.06. The minimum absolute atomic E-state index is 0.0729. The molecule has 0 saturated carbocycles. The molecular weight excluding hydrogens is 229 g/mol. The van der Waals surface area contributed by atoms with Crippen LogP contribution in [0.4, 0.5) is 4.39 Å². The van der Waals surface area contributed by atoms with Gasteiger partial charge >= 0.3 is 0 Å². The summed E-state index contributed by atoms with van der Waals surface area (Å²) in [6.07, 6.45) is 0.875. The van der Waals surface area contributed by atoms with Gasteiger partial charge in [0.05, 0.1) is 10.8 Å². The van der Waals surface area contributed by atoms with Crippen LogP contribution in [-0.2, 0) is 15.6 Å². The van der Waals surface area contributed by atoms with E-state index >= 15 is 0 Å². The number of hydrogen-bond acceptors (Lipinski definition) is 2. The molecule has 1 rings (SSSR count). The standard InChI is InChI=1S/C11H14FNO2S/c1-13-11(14)6-3-7-16(15)10-5-2-4-9(12)8-10/h2,4-5,8H,3,6-7H2,1H3,(H,13,14). The molecule has 0 spiro atoms. The quantitative estimate of drug-likeness (QED) is 0.851. The number of carbonyl (C=O) groups is 1. The molecule has 0 aliphatic heterocycles. The largest absolute Gasteiger partial charge is 0.359 e. The van der Waals surface area contributed by atoms with Gasteiger partial charge in [0.2, 0.25) is 5.91 Å². The van der Waals surface area contributed by atoms with Crippen LogP contribution in [0.15, 0.2) is 29.2 Å². The first-order chi connectivity index (χ1) is 7.63. The molecule has 0 saturated heterocycles. The van der Waals surface area contributed by atoms with Gasteiger partial charge in [-0.2, -0.15) is 0 Å². The first-order valence-electron chi connectivity index (χ1n) is 4.98. The highest BCUT2D eigenvalue weighted by molar-refractivity contribution is 7.85. The maximum atomic E-state index is 12.8. The summed E-state index contributed by atoms with van der Waals surface area (Å²) in [5.74, 6) is -0.0926. The molecular formula is C11H14FNO2S. The Hall–Kier alpha value is -1.23. The molecule has 0 fully saturated rings. The lowest BCUT2D eigenvalue weighted by Crippen LogP contribution is -2.17. The molecule has 0 aliphatic carbocycles. The molecule has 0 heterocycles. The number of rotatable bonds is 5. The molecule has 3 nitrogen and oxygen atoms in total. The molecule has 1 aromatic carbocycles. The maximum absolute atomic E-state index is 12.8. The Morgan fingerprint density at radius 3 is 2.88 bits per heavy atom. The molecule has 88 valence electrons. The average Bonchev–Trinajstić information content (AvgIpc) is 2.28. The summed E-state index contributed by atoms with van der Waals surface area (Å²) in [5.41, 5.74) is 0. The van der Waals surface area contributed by atoms with Crippen LogP contribution in [0.5, 0.6) is 0 Å². The van der Waals surface area contributed by atoms with E-state index in [-0.39, 0.29) is 5.91 Å². The van der Waals surface area contributed by atoms with Crippen molar-refractivity contribution in [3.05, 3.63) is 30.1 Å². The summed E-state index contributed by atoms with van der Waals surface area (Å²) in [5, 5.41) is 2.49. The second-order valence-corrected chi connectivity index (χ2v) is 4.85. The normalized spacial score (nSPS) is 12.1. The lowest BCUT2D eigenvalue weighted by atomic mass is 10.3. The van der Waals surface area contributed by atoms with E-state index in [9.17, 15) is 13.4 Å². The van der Waals surface area contributed by atoms with Crippen LogP contribution in [0, 0.1) is 5.82 Å². The Kier molecular flexibility index (Phi) is 5.11. The summed E-state index contributed by atoms with van der Waals surface area (Å²) >= 11 is 0. The maximum Gasteiger partial charge on any atom is 0.219 e. The molecule has 0 bridgehead atoms. The van der Waals surface area contributed by atoms with E-state index < -0.39 is 16.6 Å². The average molecular weight is 243 g/mol. The van der Waals surface area contributed by atoms with E-state index in [0.29, 0.717) is 23.5 Å². The van der Waals surface area contributed by atoms with Crippen LogP contribution in [0.1, 0.15) is 12.8 Å². The van der Waals surface area contributed by atoms with Crippen molar-refractivity contribution in [2.24, 2.45) is 0 Å². The van der Waals surface area contributed by atoms with Crippen molar-refractivity contribution in [3.8, 4) is 0 Å². The first kappa shape index (κ1) is 12.8. The van der Waals surface area contributed by atoms with Crippen molar-refractivity contribution in [2.75, 3.05) is 12.8 Å². The summed E-state index contributed by atoms with van der Waals surface area (Å²) in [6.45, 7) is 0. The van der Waals surface area contributed by atoms with Gasteiger partial charge in [0, 0.05) is 24.1 Å². The highest BCUT2D eigenvalue weighted by Crippen LogP contribution is 2.10. The van der Waals surface area contributed by atoms with Gasteiger partial charge in [-0.15, -0.1) is 0 Å². The zero-order valence-corrected chi connectivity index (χ0v) is 9.85. The Labute approximate surface area is 96.5 Å². The van der Waals surface area contributed by atoms with Crippen LogP contribution in [0.2, 0.25) is 0 Å². The van der Waals surface area contributed by atoms with Crippen molar-refractivity contribution in [1.82, 2.24) is 5.32 Å². The molecule has 1 atom stereocenters. The SMILES string of the molecule is CNC(=O)CCCS(=O)c1cccc(F)c1. The van der Waals surface area contributed by atoms with E-state index in [4.69, 9.17) is 0 Å². The second-order valence-electron chi connectivity index (χ2n) is 3.28. The van der Waals surface area contributed by atoms with Crippen molar-refractivity contribution >= 4 is 16.7 Å². The minimum Gasteiger partial charge on any atom is -0.359 e. The Morgan fingerprint density at radius 1 is 1.50 bits per heavy atom. The van der Waals surface area contributed by atoms with Gasteiger partial charge in [-0.25, -0.2) is 4.39 Å². The summed E-state index contributed by atoms with van der Waals surface area (Å²) < 4.78 is 24.5. The number of amides is 1. The highest BCUT2D eigenvalue weighted by atomic mass is 32.2. The van der Waals surface area contributed by atoms with E-state index in [2.05, 4.69) is 5.32 Å².